The van der Waals surface area contributed by atoms with Crippen molar-refractivity contribution in [2.75, 3.05) is 43.1 Å². The van der Waals surface area contributed by atoms with Crippen LogP contribution >= 0.6 is 0 Å². The zero-order valence-electron chi connectivity index (χ0n) is 14.3. The van der Waals surface area contributed by atoms with Crippen LogP contribution in [-0.2, 0) is 6.18 Å². The molecule has 8 nitrogen and oxygen atoms in total. The highest BCUT2D eigenvalue weighted by atomic mass is 19.4. The van der Waals surface area contributed by atoms with Gasteiger partial charge in [-0.15, -0.1) is 0 Å². The second kappa shape index (κ2) is 7.25. The smallest absolute Gasteiger partial charge is 0.416 e. The third-order valence-corrected chi connectivity index (χ3v) is 4.23. The van der Waals surface area contributed by atoms with Crippen molar-refractivity contribution in [3.05, 3.63) is 46.1 Å². The van der Waals surface area contributed by atoms with Crippen LogP contribution in [0.3, 0.4) is 0 Å². The third kappa shape index (κ3) is 4.01. The molecule has 1 aliphatic rings. The molecule has 0 unspecified atom stereocenters. The maximum absolute atomic E-state index is 12.8. The van der Waals surface area contributed by atoms with Gasteiger partial charge in [-0.3, -0.25) is 10.1 Å². The second-order valence-electron chi connectivity index (χ2n) is 5.83. The van der Waals surface area contributed by atoms with Crippen molar-refractivity contribution < 1.29 is 22.8 Å². The number of methoxy groups -OCH3 is 1. The van der Waals surface area contributed by atoms with Gasteiger partial charge in [0.15, 0.2) is 0 Å². The molecular weight excluding hydrogens is 367 g/mol. The third-order valence-electron chi connectivity index (χ3n) is 4.23. The summed E-state index contributed by atoms with van der Waals surface area (Å²) in [6, 6.07) is 4.21. The zero-order chi connectivity index (χ0) is 19.6. The highest BCUT2D eigenvalue weighted by Crippen LogP contribution is 2.36. The van der Waals surface area contributed by atoms with Crippen LogP contribution in [0.15, 0.2) is 30.5 Å². The van der Waals surface area contributed by atoms with E-state index in [1.54, 1.807) is 17.2 Å². The van der Waals surface area contributed by atoms with E-state index in [9.17, 15) is 23.3 Å². The van der Waals surface area contributed by atoms with Gasteiger partial charge in [0.2, 0.25) is 11.8 Å². The molecule has 1 aliphatic heterocycles. The number of aromatic nitrogens is 2. The number of nitrogens with zero attached hydrogens (tertiary/aromatic N) is 5. The molecule has 1 aromatic carbocycles. The molecule has 2 aromatic rings. The minimum atomic E-state index is -4.63. The van der Waals surface area contributed by atoms with Crippen molar-refractivity contribution in [1.82, 2.24) is 9.97 Å². The molecule has 0 spiro atoms. The largest absolute Gasteiger partial charge is 0.481 e. The molecule has 1 aromatic heterocycles. The van der Waals surface area contributed by atoms with Gasteiger partial charge in [-0.1, -0.05) is 0 Å². The molecule has 1 fully saturated rings. The summed E-state index contributed by atoms with van der Waals surface area (Å²) >= 11 is 0. The summed E-state index contributed by atoms with van der Waals surface area (Å²) in [7, 11) is 1.49. The molecule has 0 bridgehead atoms. The number of hydrogen-bond donors (Lipinski definition) is 0. The Morgan fingerprint density at radius 3 is 2.41 bits per heavy atom. The summed E-state index contributed by atoms with van der Waals surface area (Å²) in [5, 5.41) is 11.3. The van der Waals surface area contributed by atoms with E-state index >= 15 is 0 Å². The molecule has 1 saturated heterocycles. The van der Waals surface area contributed by atoms with Crippen LogP contribution in [0.1, 0.15) is 5.56 Å². The second-order valence-corrected chi connectivity index (χ2v) is 5.83. The summed E-state index contributed by atoms with van der Waals surface area (Å²) in [5.74, 6) is 0.886. The molecule has 2 heterocycles. The Morgan fingerprint density at radius 1 is 1.15 bits per heavy atom. The molecule has 0 N–H and O–H groups in total. The Kier molecular flexibility index (Phi) is 5.02. The minimum Gasteiger partial charge on any atom is -0.481 e. The standard InChI is InChI=1S/C16H16F3N5O3/c1-27-14-4-5-20-15(21-14)23-8-6-22(7-9-23)12-3-2-11(16(17,18)19)10-13(12)24(25)26/h2-5,10H,6-9H2,1H3. The van der Waals surface area contributed by atoms with Gasteiger partial charge >= 0.3 is 6.18 Å². The van der Waals surface area contributed by atoms with Crippen LogP contribution in [-0.4, -0.2) is 48.2 Å². The van der Waals surface area contributed by atoms with E-state index in [-0.39, 0.29) is 5.69 Å². The highest BCUT2D eigenvalue weighted by molar-refractivity contribution is 5.65. The van der Waals surface area contributed by atoms with Gasteiger partial charge in [0, 0.05) is 44.5 Å². The Labute approximate surface area is 152 Å². The van der Waals surface area contributed by atoms with E-state index in [0.29, 0.717) is 44.1 Å². The Bertz CT molecular complexity index is 838. The molecule has 0 amide bonds. The summed E-state index contributed by atoms with van der Waals surface area (Å²) < 4.78 is 43.6. The van der Waals surface area contributed by atoms with Crippen molar-refractivity contribution >= 4 is 17.3 Å². The first-order valence-electron chi connectivity index (χ1n) is 8.02. The fourth-order valence-corrected chi connectivity index (χ4v) is 2.86. The number of benzene rings is 1. The molecular formula is C16H16F3N5O3. The number of piperazine rings is 1. The van der Waals surface area contributed by atoms with Crippen LogP contribution in [0.2, 0.25) is 0 Å². The minimum absolute atomic E-state index is 0.166. The first-order valence-corrected chi connectivity index (χ1v) is 8.02. The lowest BCUT2D eigenvalue weighted by atomic mass is 10.1. The van der Waals surface area contributed by atoms with Gasteiger partial charge in [-0.05, 0) is 12.1 Å². The predicted octanol–water partition coefficient (Wildman–Crippen LogP) is 2.74. The Morgan fingerprint density at radius 2 is 1.81 bits per heavy atom. The number of nitro groups is 1. The van der Waals surface area contributed by atoms with Crippen LogP contribution in [0.4, 0.5) is 30.5 Å². The molecule has 27 heavy (non-hydrogen) atoms. The molecule has 0 saturated carbocycles. The Balaban J connectivity index is 1.78. The summed E-state index contributed by atoms with van der Waals surface area (Å²) in [6.07, 6.45) is -3.07. The maximum atomic E-state index is 12.8. The van der Waals surface area contributed by atoms with Gasteiger partial charge in [0.05, 0.1) is 17.6 Å². The fraction of sp³-hybridized carbons (Fsp3) is 0.375. The zero-order valence-corrected chi connectivity index (χ0v) is 14.3. The quantitative estimate of drug-likeness (QED) is 0.593. The molecule has 0 aliphatic carbocycles. The Hall–Kier alpha value is -3.11. The lowest BCUT2D eigenvalue weighted by molar-refractivity contribution is -0.384. The molecule has 0 radical (unpaired) electrons. The van der Waals surface area contributed by atoms with Crippen LogP contribution in [0, 0.1) is 10.1 Å². The van der Waals surface area contributed by atoms with Gasteiger partial charge in [-0.2, -0.15) is 18.2 Å². The monoisotopic (exact) mass is 383 g/mol. The molecule has 0 atom stereocenters. The van der Waals surface area contributed by atoms with Crippen LogP contribution in [0.5, 0.6) is 5.88 Å². The topological polar surface area (TPSA) is 84.6 Å². The highest BCUT2D eigenvalue weighted by Gasteiger charge is 2.34. The van der Waals surface area contributed by atoms with E-state index in [0.717, 1.165) is 12.1 Å². The average Bonchev–Trinajstić information content (AvgIpc) is 2.67. The van der Waals surface area contributed by atoms with Crippen molar-refractivity contribution in [2.45, 2.75) is 6.18 Å². The SMILES string of the molecule is COc1ccnc(N2CCN(c3ccc(C(F)(F)F)cc3[N+](=O)[O-])CC2)n1. The summed E-state index contributed by atoms with van der Waals surface area (Å²) in [5.41, 5.74) is -1.43. The first-order chi connectivity index (χ1) is 12.8. The number of alkyl halides is 3. The predicted molar refractivity (Wildman–Crippen MR) is 91.1 cm³/mol. The first kappa shape index (κ1) is 18.7. The van der Waals surface area contributed by atoms with Crippen molar-refractivity contribution in [1.29, 1.82) is 0 Å². The van der Waals surface area contributed by atoms with Crippen molar-refractivity contribution in [2.24, 2.45) is 0 Å². The number of anilines is 2. The summed E-state index contributed by atoms with van der Waals surface area (Å²) in [4.78, 5) is 22.5. The van der Waals surface area contributed by atoms with E-state index in [4.69, 9.17) is 4.74 Å². The maximum Gasteiger partial charge on any atom is 0.416 e. The van der Waals surface area contributed by atoms with Crippen LogP contribution in [0.25, 0.3) is 0 Å². The molecule has 3 rings (SSSR count). The number of halogens is 3. The van der Waals surface area contributed by atoms with E-state index in [2.05, 4.69) is 9.97 Å². The van der Waals surface area contributed by atoms with Gasteiger partial charge in [0.25, 0.3) is 5.69 Å². The summed E-state index contributed by atoms with van der Waals surface area (Å²) in [6.45, 7) is 1.69. The van der Waals surface area contributed by atoms with Crippen molar-refractivity contribution in [3.63, 3.8) is 0 Å². The number of rotatable bonds is 4. The lowest BCUT2D eigenvalue weighted by Crippen LogP contribution is -2.47. The van der Waals surface area contributed by atoms with Crippen LogP contribution < -0.4 is 14.5 Å². The average molecular weight is 383 g/mol. The van der Waals surface area contributed by atoms with Gasteiger partial charge in [0.1, 0.15) is 5.69 Å². The van der Waals surface area contributed by atoms with Crippen molar-refractivity contribution in [3.8, 4) is 5.88 Å². The number of nitro benzene ring substituents is 1. The van der Waals surface area contributed by atoms with Gasteiger partial charge < -0.3 is 14.5 Å². The lowest BCUT2D eigenvalue weighted by Gasteiger charge is -2.35. The van der Waals surface area contributed by atoms with E-state index in [1.807, 2.05) is 4.90 Å². The number of ether oxygens (including phenoxy) is 1. The van der Waals surface area contributed by atoms with E-state index < -0.39 is 22.4 Å². The van der Waals surface area contributed by atoms with E-state index in [1.165, 1.54) is 7.11 Å². The molecule has 144 valence electrons. The molecule has 11 heteroatoms. The van der Waals surface area contributed by atoms with Gasteiger partial charge in [-0.25, -0.2) is 4.98 Å². The number of hydrogen-bond acceptors (Lipinski definition) is 7. The fourth-order valence-electron chi connectivity index (χ4n) is 2.86. The normalized spacial score (nSPS) is 15.0.